The molecule has 23 heavy (non-hydrogen) atoms. The summed E-state index contributed by atoms with van der Waals surface area (Å²) >= 11 is 0. The van der Waals surface area contributed by atoms with Crippen molar-refractivity contribution in [3.05, 3.63) is 23.8 Å². The molecule has 1 aromatic carbocycles. The minimum absolute atomic E-state index is 0.0370. The van der Waals surface area contributed by atoms with Crippen molar-refractivity contribution in [3.63, 3.8) is 0 Å². The SMILES string of the molecule is CCCC.CCOC(C)OCC.O=Cc1ccc2c(c1)OCO2. The van der Waals surface area contributed by atoms with Crippen molar-refractivity contribution in [2.75, 3.05) is 20.0 Å². The Morgan fingerprint density at radius 2 is 1.61 bits per heavy atom. The summed E-state index contributed by atoms with van der Waals surface area (Å²) in [5.41, 5.74) is 0.606. The number of aldehydes is 1. The molecule has 5 nitrogen and oxygen atoms in total. The van der Waals surface area contributed by atoms with Crippen LogP contribution in [0, 0.1) is 0 Å². The van der Waals surface area contributed by atoms with E-state index in [1.807, 2.05) is 20.8 Å². The van der Waals surface area contributed by atoms with Crippen molar-refractivity contribution >= 4 is 6.29 Å². The summed E-state index contributed by atoms with van der Waals surface area (Å²) in [4.78, 5) is 10.3. The summed E-state index contributed by atoms with van der Waals surface area (Å²) in [5.74, 6) is 1.35. The first-order valence-electron chi connectivity index (χ1n) is 8.20. The molecule has 0 fully saturated rings. The largest absolute Gasteiger partial charge is 0.454 e. The minimum Gasteiger partial charge on any atom is -0.454 e. The molecule has 0 bridgehead atoms. The fourth-order valence-electron chi connectivity index (χ4n) is 1.50. The Balaban J connectivity index is 0.000000357. The Bertz CT molecular complexity index is 412. The summed E-state index contributed by atoms with van der Waals surface area (Å²) in [6.45, 7) is 11.9. The lowest BCUT2D eigenvalue weighted by Crippen LogP contribution is -2.11. The average Bonchev–Trinajstić information content (AvgIpc) is 3.03. The number of hydrogen-bond acceptors (Lipinski definition) is 5. The van der Waals surface area contributed by atoms with Gasteiger partial charge in [-0.15, -0.1) is 0 Å². The van der Waals surface area contributed by atoms with Crippen molar-refractivity contribution in [1.82, 2.24) is 0 Å². The molecule has 0 aromatic heterocycles. The van der Waals surface area contributed by atoms with Gasteiger partial charge in [-0.05, 0) is 39.0 Å². The van der Waals surface area contributed by atoms with E-state index in [9.17, 15) is 4.79 Å². The van der Waals surface area contributed by atoms with Gasteiger partial charge in [-0.25, -0.2) is 0 Å². The molecule has 0 N–H and O–H groups in total. The van der Waals surface area contributed by atoms with Crippen molar-refractivity contribution in [2.24, 2.45) is 0 Å². The molecule has 0 amide bonds. The molecule has 1 aromatic rings. The van der Waals surface area contributed by atoms with E-state index in [0.717, 1.165) is 19.5 Å². The van der Waals surface area contributed by atoms with E-state index in [0.29, 0.717) is 17.1 Å². The van der Waals surface area contributed by atoms with E-state index in [1.165, 1.54) is 12.8 Å². The second-order valence-corrected chi connectivity index (χ2v) is 4.71. The smallest absolute Gasteiger partial charge is 0.231 e. The number of ether oxygens (including phenoxy) is 4. The normalized spacial score (nSPS) is 11.2. The average molecular weight is 326 g/mol. The predicted octanol–water partition coefficient (Wildman–Crippen LogP) is 4.44. The van der Waals surface area contributed by atoms with Gasteiger partial charge in [0.2, 0.25) is 6.79 Å². The van der Waals surface area contributed by atoms with Crippen LogP contribution in [0.1, 0.15) is 57.8 Å². The lowest BCUT2D eigenvalue weighted by atomic mass is 10.2. The first kappa shape index (κ1) is 21.4. The molecule has 0 radical (unpaired) electrons. The second-order valence-electron chi connectivity index (χ2n) is 4.71. The number of unbranched alkanes of at least 4 members (excludes halogenated alkanes) is 1. The van der Waals surface area contributed by atoms with Crippen LogP contribution in [-0.2, 0) is 9.47 Å². The standard InChI is InChI=1S/C8H6O3.C6H14O2.C4H10/c9-4-6-1-2-7-8(3-6)11-5-10-7;1-4-7-6(3)8-5-2;1-3-4-2/h1-4H,5H2;6H,4-5H2,1-3H3;3-4H2,1-2H3. The van der Waals surface area contributed by atoms with Crippen LogP contribution in [-0.4, -0.2) is 32.6 Å². The van der Waals surface area contributed by atoms with Gasteiger partial charge in [-0.2, -0.15) is 0 Å². The summed E-state index contributed by atoms with van der Waals surface area (Å²) in [6.07, 6.45) is 3.38. The van der Waals surface area contributed by atoms with Gasteiger partial charge in [0, 0.05) is 18.8 Å². The molecule has 0 spiro atoms. The molecule has 5 heteroatoms. The molecule has 1 aliphatic rings. The van der Waals surface area contributed by atoms with Gasteiger partial charge in [-0.3, -0.25) is 4.79 Å². The molecule has 132 valence electrons. The maximum atomic E-state index is 10.3. The topological polar surface area (TPSA) is 54.0 Å². The Morgan fingerprint density at radius 3 is 2.09 bits per heavy atom. The van der Waals surface area contributed by atoms with E-state index in [-0.39, 0.29) is 13.1 Å². The van der Waals surface area contributed by atoms with Crippen LogP contribution < -0.4 is 9.47 Å². The molecule has 1 heterocycles. The van der Waals surface area contributed by atoms with Crippen molar-refractivity contribution in [2.45, 2.75) is 53.8 Å². The number of carbonyl (C=O) groups is 1. The fourth-order valence-corrected chi connectivity index (χ4v) is 1.50. The summed E-state index contributed by atoms with van der Waals surface area (Å²) in [7, 11) is 0. The van der Waals surface area contributed by atoms with Crippen LogP contribution in [0.4, 0.5) is 0 Å². The molecular formula is C18H30O5. The third-order valence-electron chi connectivity index (χ3n) is 2.84. The van der Waals surface area contributed by atoms with Crippen molar-refractivity contribution < 1.29 is 23.7 Å². The molecule has 0 saturated heterocycles. The Hall–Kier alpha value is -1.59. The zero-order valence-corrected chi connectivity index (χ0v) is 15.0. The predicted molar refractivity (Wildman–Crippen MR) is 91.2 cm³/mol. The van der Waals surface area contributed by atoms with E-state index in [1.54, 1.807) is 18.2 Å². The lowest BCUT2D eigenvalue weighted by Gasteiger charge is -2.09. The number of hydrogen-bond donors (Lipinski definition) is 0. The zero-order chi connectivity index (χ0) is 17.5. The van der Waals surface area contributed by atoms with Crippen LogP contribution in [0.15, 0.2) is 18.2 Å². The molecule has 0 saturated carbocycles. The van der Waals surface area contributed by atoms with E-state index in [4.69, 9.17) is 18.9 Å². The highest BCUT2D eigenvalue weighted by Gasteiger charge is 2.12. The number of carbonyl (C=O) groups excluding carboxylic acids is 1. The molecule has 2 rings (SSSR count). The monoisotopic (exact) mass is 326 g/mol. The Labute approximate surface area is 139 Å². The third kappa shape index (κ3) is 9.92. The maximum Gasteiger partial charge on any atom is 0.231 e. The van der Waals surface area contributed by atoms with E-state index in [2.05, 4.69) is 13.8 Å². The van der Waals surface area contributed by atoms with Crippen molar-refractivity contribution in [1.29, 1.82) is 0 Å². The van der Waals surface area contributed by atoms with E-state index < -0.39 is 0 Å². The highest BCUT2D eigenvalue weighted by Crippen LogP contribution is 2.31. The first-order valence-corrected chi connectivity index (χ1v) is 8.20. The summed E-state index contributed by atoms with van der Waals surface area (Å²) in [5, 5.41) is 0. The van der Waals surface area contributed by atoms with Gasteiger partial charge < -0.3 is 18.9 Å². The highest BCUT2D eigenvalue weighted by molar-refractivity contribution is 5.76. The summed E-state index contributed by atoms with van der Waals surface area (Å²) < 4.78 is 20.2. The molecule has 0 atom stereocenters. The van der Waals surface area contributed by atoms with Gasteiger partial charge in [-0.1, -0.05) is 26.7 Å². The van der Waals surface area contributed by atoms with Crippen molar-refractivity contribution in [3.8, 4) is 11.5 Å². The molecule has 0 unspecified atom stereocenters. The van der Waals surface area contributed by atoms with Crippen LogP contribution in [0.5, 0.6) is 11.5 Å². The lowest BCUT2D eigenvalue weighted by molar-refractivity contribution is -0.123. The van der Waals surface area contributed by atoms with Gasteiger partial charge >= 0.3 is 0 Å². The van der Waals surface area contributed by atoms with E-state index >= 15 is 0 Å². The minimum atomic E-state index is -0.0370. The first-order chi connectivity index (χ1) is 11.1. The summed E-state index contributed by atoms with van der Waals surface area (Å²) in [6, 6.07) is 5.09. The third-order valence-corrected chi connectivity index (χ3v) is 2.84. The van der Waals surface area contributed by atoms with Crippen LogP contribution in [0.3, 0.4) is 0 Å². The fraction of sp³-hybridized carbons (Fsp3) is 0.611. The maximum absolute atomic E-state index is 10.3. The Kier molecular flexibility index (Phi) is 13.1. The highest BCUT2D eigenvalue weighted by atomic mass is 16.7. The van der Waals surface area contributed by atoms with Crippen LogP contribution in [0.2, 0.25) is 0 Å². The second kappa shape index (κ2) is 14.0. The van der Waals surface area contributed by atoms with Gasteiger partial charge in [0.1, 0.15) is 6.29 Å². The Morgan fingerprint density at radius 1 is 1.04 bits per heavy atom. The molecular weight excluding hydrogens is 296 g/mol. The molecule has 1 aliphatic heterocycles. The van der Waals surface area contributed by atoms with Gasteiger partial charge in [0.15, 0.2) is 17.8 Å². The number of fused-ring (bicyclic) bond motifs is 1. The number of benzene rings is 1. The van der Waals surface area contributed by atoms with Crippen LogP contribution in [0.25, 0.3) is 0 Å². The van der Waals surface area contributed by atoms with Crippen LogP contribution >= 0.6 is 0 Å². The quantitative estimate of drug-likeness (QED) is 0.571. The zero-order valence-electron chi connectivity index (χ0n) is 15.0. The van der Waals surface area contributed by atoms with Gasteiger partial charge in [0.25, 0.3) is 0 Å². The molecule has 0 aliphatic carbocycles. The van der Waals surface area contributed by atoms with Gasteiger partial charge in [0.05, 0.1) is 0 Å². The number of rotatable bonds is 6.